The Bertz CT molecular complexity index is 430. The Balaban J connectivity index is 2.36. The zero-order chi connectivity index (χ0) is 12.7. The fourth-order valence-electron chi connectivity index (χ4n) is 1.67. The topological polar surface area (TPSA) is 26.0 Å². The molecule has 0 bridgehead atoms. The summed E-state index contributed by atoms with van der Waals surface area (Å²) in [6.45, 7) is 1.31. The number of hydrogen-bond acceptors (Lipinski definition) is 3. The maximum atomic E-state index is 13.6. The Kier molecular flexibility index (Phi) is 2.97. The van der Waals surface area contributed by atoms with Crippen LogP contribution in [-0.2, 0) is 10.9 Å². The van der Waals surface area contributed by atoms with Gasteiger partial charge in [0.15, 0.2) is 0 Å². The van der Waals surface area contributed by atoms with Crippen LogP contribution in [0.25, 0.3) is 0 Å². The second-order valence-electron chi connectivity index (χ2n) is 3.77. The Labute approximate surface area is 99.0 Å². The van der Waals surface area contributed by atoms with Crippen molar-refractivity contribution in [2.24, 2.45) is 0 Å². The molecular weight excluding hydrogens is 258 g/mol. The van der Waals surface area contributed by atoms with Crippen LogP contribution in [0.2, 0.25) is 0 Å². The summed E-state index contributed by atoms with van der Waals surface area (Å²) in [6, 6.07) is 0.774. The molecule has 2 rings (SSSR count). The average Bonchev–Trinajstić information content (AvgIpc) is 2.86. The highest BCUT2D eigenvalue weighted by atomic mass is 32.2. The Morgan fingerprint density at radius 3 is 2.65 bits per heavy atom. The van der Waals surface area contributed by atoms with Crippen LogP contribution >= 0.6 is 11.8 Å². The molecule has 2 atom stereocenters. The van der Waals surface area contributed by atoms with Crippen LogP contribution in [0.5, 0.6) is 0 Å². The summed E-state index contributed by atoms with van der Waals surface area (Å²) in [6.07, 6.45) is -3.90. The molecule has 0 amide bonds. The Morgan fingerprint density at radius 1 is 1.53 bits per heavy atom. The zero-order valence-electron chi connectivity index (χ0n) is 8.79. The number of hydrogen-bond donors (Lipinski definition) is 0. The van der Waals surface area contributed by atoms with E-state index in [1.165, 1.54) is 6.92 Å². The van der Waals surface area contributed by atoms with Crippen molar-refractivity contribution in [3.05, 3.63) is 29.0 Å². The molecule has 0 saturated carbocycles. The summed E-state index contributed by atoms with van der Waals surface area (Å²) in [5.74, 6) is -1.19. The van der Waals surface area contributed by atoms with Gasteiger partial charge in [-0.1, -0.05) is 11.2 Å². The summed E-state index contributed by atoms with van der Waals surface area (Å²) < 4.78 is 53.9. The van der Waals surface area contributed by atoms with Gasteiger partial charge in [0.2, 0.25) is 5.76 Å². The van der Waals surface area contributed by atoms with Crippen molar-refractivity contribution < 1.29 is 22.1 Å². The van der Waals surface area contributed by atoms with E-state index in [4.69, 9.17) is 0 Å². The molecule has 2 unspecified atom stereocenters. The van der Waals surface area contributed by atoms with Crippen molar-refractivity contribution in [1.29, 1.82) is 0 Å². The van der Waals surface area contributed by atoms with Crippen molar-refractivity contribution in [1.82, 2.24) is 5.16 Å². The lowest BCUT2D eigenvalue weighted by Gasteiger charge is -2.26. The van der Waals surface area contributed by atoms with Gasteiger partial charge in [-0.2, -0.15) is 13.2 Å². The van der Waals surface area contributed by atoms with Crippen molar-refractivity contribution >= 4 is 11.8 Å². The molecule has 0 fully saturated rings. The summed E-state index contributed by atoms with van der Waals surface area (Å²) in [5.41, 5.74) is -0.00479. The van der Waals surface area contributed by atoms with E-state index in [9.17, 15) is 17.6 Å². The molecule has 7 heteroatoms. The first-order chi connectivity index (χ1) is 7.86. The number of halogens is 4. The van der Waals surface area contributed by atoms with Crippen molar-refractivity contribution in [2.75, 3.05) is 0 Å². The number of aromatic nitrogens is 1. The third kappa shape index (κ3) is 2.08. The van der Waals surface area contributed by atoms with Crippen LogP contribution in [0.3, 0.4) is 0 Å². The highest BCUT2D eigenvalue weighted by Gasteiger charge is 2.45. The van der Waals surface area contributed by atoms with Crippen LogP contribution in [-0.4, -0.2) is 11.3 Å². The van der Waals surface area contributed by atoms with Crippen LogP contribution in [0.1, 0.15) is 24.8 Å². The molecule has 0 N–H and O–H groups in total. The second kappa shape index (κ2) is 4.04. The molecular formula is C10H9F4NOS. The van der Waals surface area contributed by atoms with Gasteiger partial charge in [0.1, 0.15) is 11.9 Å². The molecule has 1 aromatic heterocycles. The van der Waals surface area contributed by atoms with Gasteiger partial charge in [0, 0.05) is 6.07 Å². The van der Waals surface area contributed by atoms with E-state index in [0.717, 1.165) is 17.8 Å². The standard InChI is InChI=1S/C10H9F4NOS/c1-6(11)9(3-2-4-17-9)7-5-8(16-15-7)10(12,13)14/h2,4-6H,3H2,1H3. The van der Waals surface area contributed by atoms with Gasteiger partial charge in [0.25, 0.3) is 0 Å². The summed E-state index contributed by atoms with van der Waals surface area (Å²) in [4.78, 5) is 0. The van der Waals surface area contributed by atoms with Gasteiger partial charge >= 0.3 is 6.18 Å². The second-order valence-corrected chi connectivity index (χ2v) is 5.01. The molecule has 0 aromatic carbocycles. The number of alkyl halides is 4. The average molecular weight is 267 g/mol. The first-order valence-electron chi connectivity index (χ1n) is 4.87. The quantitative estimate of drug-likeness (QED) is 0.760. The highest BCUT2D eigenvalue weighted by Crippen LogP contribution is 2.49. The first-order valence-corrected chi connectivity index (χ1v) is 5.75. The number of thioether (sulfide) groups is 1. The lowest BCUT2D eigenvalue weighted by atomic mass is 9.95. The minimum absolute atomic E-state index is 0.00479. The smallest absolute Gasteiger partial charge is 0.351 e. The van der Waals surface area contributed by atoms with Gasteiger partial charge in [0.05, 0.1) is 4.75 Å². The molecule has 0 spiro atoms. The maximum Gasteiger partial charge on any atom is 0.452 e. The van der Waals surface area contributed by atoms with E-state index in [-0.39, 0.29) is 5.69 Å². The SMILES string of the molecule is CC(F)C1(c2cc(C(F)(F)F)on2)CC=CS1. The lowest BCUT2D eigenvalue weighted by Crippen LogP contribution is -2.29. The summed E-state index contributed by atoms with van der Waals surface area (Å²) in [5, 5.41) is 5.03. The Hall–Kier alpha value is -0.980. The zero-order valence-corrected chi connectivity index (χ0v) is 9.61. The first kappa shape index (κ1) is 12.5. The van der Waals surface area contributed by atoms with Gasteiger partial charge in [-0.25, -0.2) is 4.39 Å². The van der Waals surface area contributed by atoms with E-state index in [2.05, 4.69) is 9.68 Å². The van der Waals surface area contributed by atoms with Crippen LogP contribution < -0.4 is 0 Å². The van der Waals surface area contributed by atoms with Crippen LogP contribution in [0, 0.1) is 0 Å². The fourth-order valence-corrected chi connectivity index (χ4v) is 2.71. The van der Waals surface area contributed by atoms with Crippen LogP contribution in [0.15, 0.2) is 22.1 Å². The predicted octanol–water partition coefficient (Wildman–Crippen LogP) is 3.90. The highest BCUT2D eigenvalue weighted by molar-refractivity contribution is 8.03. The van der Waals surface area contributed by atoms with Gasteiger partial charge in [-0.05, 0) is 18.8 Å². The molecule has 2 nitrogen and oxygen atoms in total. The normalized spacial score (nSPS) is 26.4. The van der Waals surface area contributed by atoms with Crippen molar-refractivity contribution in [3.63, 3.8) is 0 Å². The molecule has 1 aromatic rings. The van der Waals surface area contributed by atoms with Crippen molar-refractivity contribution in [3.8, 4) is 0 Å². The molecule has 1 aliphatic heterocycles. The maximum absolute atomic E-state index is 13.6. The van der Waals surface area contributed by atoms with E-state index < -0.39 is 22.9 Å². The molecule has 0 aliphatic carbocycles. The number of nitrogens with zero attached hydrogens (tertiary/aromatic N) is 1. The van der Waals surface area contributed by atoms with Gasteiger partial charge in [-0.3, -0.25) is 0 Å². The van der Waals surface area contributed by atoms with E-state index >= 15 is 0 Å². The molecule has 17 heavy (non-hydrogen) atoms. The van der Waals surface area contributed by atoms with Gasteiger partial charge < -0.3 is 4.52 Å². The molecule has 0 radical (unpaired) electrons. The van der Waals surface area contributed by atoms with Crippen LogP contribution in [0.4, 0.5) is 17.6 Å². The predicted molar refractivity (Wildman–Crippen MR) is 55.1 cm³/mol. The number of allylic oxidation sites excluding steroid dienone is 1. The van der Waals surface area contributed by atoms with Crippen molar-refractivity contribution in [2.45, 2.75) is 30.4 Å². The summed E-state index contributed by atoms with van der Waals surface area (Å²) in [7, 11) is 0. The fraction of sp³-hybridized carbons (Fsp3) is 0.500. The Morgan fingerprint density at radius 2 is 2.24 bits per heavy atom. The van der Waals surface area contributed by atoms with E-state index in [1.54, 1.807) is 11.5 Å². The minimum atomic E-state index is -4.59. The largest absolute Gasteiger partial charge is 0.452 e. The molecule has 1 aliphatic rings. The monoisotopic (exact) mass is 267 g/mol. The van der Waals surface area contributed by atoms with E-state index in [1.807, 2.05) is 0 Å². The molecule has 94 valence electrons. The third-order valence-electron chi connectivity index (χ3n) is 2.66. The molecule has 2 heterocycles. The number of rotatable bonds is 2. The lowest BCUT2D eigenvalue weighted by molar-refractivity contribution is -0.155. The minimum Gasteiger partial charge on any atom is -0.351 e. The van der Waals surface area contributed by atoms with Gasteiger partial charge in [-0.15, -0.1) is 11.8 Å². The van der Waals surface area contributed by atoms with E-state index in [0.29, 0.717) is 6.42 Å². The summed E-state index contributed by atoms with van der Waals surface area (Å²) >= 11 is 1.13. The molecule has 0 saturated heterocycles. The third-order valence-corrected chi connectivity index (χ3v) is 4.11.